The molecule has 230 valence electrons. The van der Waals surface area contributed by atoms with Crippen molar-refractivity contribution in [3.05, 3.63) is 106 Å². The molecule has 0 radical (unpaired) electrons. The summed E-state index contributed by atoms with van der Waals surface area (Å²) in [6, 6.07) is 2.98. The van der Waals surface area contributed by atoms with Gasteiger partial charge in [-0.05, 0) is 131 Å². The largest absolute Gasteiger partial charge is 0.338 e. The molecule has 1 aliphatic rings. The van der Waals surface area contributed by atoms with Gasteiger partial charge in [0.1, 0.15) is 5.57 Å². The number of aryl methyl sites for hydroxylation is 2. The lowest BCUT2D eigenvalue weighted by Crippen LogP contribution is -2.55. The zero-order chi connectivity index (χ0) is 33.1. The van der Waals surface area contributed by atoms with Gasteiger partial charge >= 0.3 is 11.7 Å². The van der Waals surface area contributed by atoms with Crippen LogP contribution in [0.5, 0.6) is 0 Å². The van der Waals surface area contributed by atoms with Crippen molar-refractivity contribution in [2.75, 3.05) is 11.9 Å². The van der Waals surface area contributed by atoms with E-state index in [1.807, 2.05) is 61.5 Å². The summed E-state index contributed by atoms with van der Waals surface area (Å²) in [5, 5.41) is 0. The lowest BCUT2D eigenvalue weighted by molar-refractivity contribution is -0.128. The molecule has 0 atom stereocenters. The molecule has 0 spiro atoms. The Hall–Kier alpha value is -4.75. The average molecular weight is 597 g/mol. The first-order valence-corrected chi connectivity index (χ1v) is 14.5. The average Bonchev–Trinajstić information content (AvgIpc) is 2.98. The van der Waals surface area contributed by atoms with Crippen molar-refractivity contribution in [2.24, 2.45) is 7.05 Å². The highest BCUT2D eigenvalue weighted by molar-refractivity contribution is 6.37. The summed E-state index contributed by atoms with van der Waals surface area (Å²) in [7, 11) is 2.76. The number of carbonyl (C=O) groups is 3. The number of anilines is 1. The lowest BCUT2D eigenvalue weighted by Gasteiger charge is -2.32. The quantitative estimate of drug-likeness (QED) is 0.241. The molecule has 0 bridgehead atoms. The fraction of sp³-hybridized carbons (Fsp3) is 0.371. The van der Waals surface area contributed by atoms with Gasteiger partial charge in [-0.2, -0.15) is 0 Å². The molecule has 2 aromatic carbocycles. The summed E-state index contributed by atoms with van der Waals surface area (Å²) in [5.74, 6) is -1.55. The third kappa shape index (κ3) is 4.97. The molecule has 0 N–H and O–H groups in total. The Morgan fingerprint density at radius 2 is 1.18 bits per heavy atom. The van der Waals surface area contributed by atoms with Crippen molar-refractivity contribution in [3.8, 4) is 5.69 Å². The van der Waals surface area contributed by atoms with E-state index in [2.05, 4.69) is 5.73 Å². The number of benzene rings is 2. The van der Waals surface area contributed by atoms with Crippen LogP contribution in [-0.2, 0) is 23.1 Å². The number of rotatable bonds is 4. The van der Waals surface area contributed by atoms with E-state index in [1.54, 1.807) is 24.5 Å². The Bertz CT molecular complexity index is 2000. The van der Waals surface area contributed by atoms with Gasteiger partial charge < -0.3 is 0 Å². The van der Waals surface area contributed by atoms with Gasteiger partial charge in [0.25, 0.3) is 17.4 Å². The number of likely N-dealkylation sites (N-methyl/N-ethyl adjacent to an activating group) is 1. The number of nitrogens with zero attached hydrogens (tertiary/aromatic N) is 4. The molecule has 3 aromatic rings. The molecule has 0 saturated carbocycles. The first kappa shape index (κ1) is 32.2. The Labute approximate surface area is 257 Å². The number of hydrogen-bond acceptors (Lipinski definition) is 5. The Morgan fingerprint density at radius 3 is 1.73 bits per heavy atom. The van der Waals surface area contributed by atoms with Crippen LogP contribution in [0, 0.1) is 62.3 Å². The number of aromatic nitrogens is 2. The van der Waals surface area contributed by atoms with Crippen molar-refractivity contribution >= 4 is 23.5 Å². The molecule has 1 saturated heterocycles. The van der Waals surface area contributed by atoms with Crippen LogP contribution in [0.2, 0.25) is 0 Å². The van der Waals surface area contributed by atoms with Crippen molar-refractivity contribution in [1.29, 1.82) is 0 Å². The second-order valence-electron chi connectivity index (χ2n) is 12.0. The van der Waals surface area contributed by atoms with E-state index >= 15 is 0 Å². The Balaban J connectivity index is 1.90. The van der Waals surface area contributed by atoms with Crippen LogP contribution in [-0.4, -0.2) is 38.9 Å². The van der Waals surface area contributed by atoms with Crippen LogP contribution < -0.4 is 16.1 Å². The third-order valence-electron chi connectivity index (χ3n) is 9.40. The highest BCUT2D eigenvalue weighted by Crippen LogP contribution is 2.32. The zero-order valence-electron chi connectivity index (χ0n) is 27.7. The molecule has 0 unspecified atom stereocenters. The third-order valence-corrected chi connectivity index (χ3v) is 9.40. The molecular formula is C35H40N4O5. The minimum Gasteiger partial charge on any atom is -0.269 e. The highest BCUT2D eigenvalue weighted by Gasteiger charge is 2.42. The second kappa shape index (κ2) is 11.4. The van der Waals surface area contributed by atoms with E-state index < -0.39 is 29.1 Å². The number of barbiturate groups is 1. The lowest BCUT2D eigenvalue weighted by atomic mass is 9.96. The van der Waals surface area contributed by atoms with Crippen LogP contribution in [0.1, 0.15) is 62.7 Å². The highest BCUT2D eigenvalue weighted by atomic mass is 16.2. The summed E-state index contributed by atoms with van der Waals surface area (Å²) in [6.07, 6.45) is 0.0329. The first-order chi connectivity index (χ1) is 20.4. The maximum Gasteiger partial charge on any atom is 0.338 e. The monoisotopic (exact) mass is 596 g/mol. The fourth-order valence-electron chi connectivity index (χ4n) is 5.74. The molecule has 1 aliphatic heterocycles. The van der Waals surface area contributed by atoms with E-state index in [4.69, 9.17) is 0 Å². The topological polar surface area (TPSA) is 102 Å². The zero-order valence-corrected chi connectivity index (χ0v) is 27.7. The molecule has 44 heavy (non-hydrogen) atoms. The maximum absolute atomic E-state index is 13.8. The molecule has 0 aliphatic carbocycles. The van der Waals surface area contributed by atoms with Crippen molar-refractivity contribution in [2.45, 2.75) is 75.7 Å². The molecule has 9 nitrogen and oxygen atoms in total. The summed E-state index contributed by atoms with van der Waals surface area (Å²) < 4.78 is 2.62. The number of carbonyl (C=O) groups excluding carboxylic acids is 3. The second-order valence-corrected chi connectivity index (χ2v) is 12.0. The first-order valence-electron chi connectivity index (χ1n) is 14.5. The van der Waals surface area contributed by atoms with Gasteiger partial charge in [-0.25, -0.2) is 14.5 Å². The van der Waals surface area contributed by atoms with Crippen LogP contribution in [0.4, 0.5) is 10.5 Å². The molecule has 1 fully saturated rings. The molecule has 9 heteroatoms. The number of amides is 4. The van der Waals surface area contributed by atoms with Gasteiger partial charge in [0.2, 0.25) is 0 Å². The van der Waals surface area contributed by atoms with Crippen molar-refractivity contribution in [1.82, 2.24) is 14.0 Å². The smallest absolute Gasteiger partial charge is 0.269 e. The number of hydrogen-bond donors (Lipinski definition) is 0. The summed E-state index contributed by atoms with van der Waals surface area (Å²) in [4.78, 5) is 69.0. The van der Waals surface area contributed by atoms with E-state index in [0.717, 1.165) is 58.9 Å². The molecule has 4 rings (SSSR count). The normalized spacial score (nSPS) is 13.6. The van der Waals surface area contributed by atoms with Crippen molar-refractivity contribution in [3.63, 3.8) is 0 Å². The van der Waals surface area contributed by atoms with E-state index in [9.17, 15) is 24.0 Å². The molecule has 1 aromatic heterocycles. The summed E-state index contributed by atoms with van der Waals surface area (Å²) in [6.45, 7) is 19.0. The Kier molecular flexibility index (Phi) is 8.33. The van der Waals surface area contributed by atoms with Gasteiger partial charge in [0, 0.05) is 31.8 Å². The van der Waals surface area contributed by atoms with Gasteiger partial charge in [-0.3, -0.25) is 28.4 Å². The van der Waals surface area contributed by atoms with Gasteiger partial charge in [-0.15, -0.1) is 5.73 Å². The van der Waals surface area contributed by atoms with Gasteiger partial charge in [-0.1, -0.05) is 0 Å². The Morgan fingerprint density at radius 1 is 0.682 bits per heavy atom. The summed E-state index contributed by atoms with van der Waals surface area (Å²) in [5.41, 5.74) is 11.9. The minimum atomic E-state index is -0.779. The predicted molar refractivity (Wildman–Crippen MR) is 172 cm³/mol. The van der Waals surface area contributed by atoms with Gasteiger partial charge in [0.15, 0.2) is 0 Å². The number of urea groups is 1. The van der Waals surface area contributed by atoms with E-state index in [0.29, 0.717) is 28.2 Å². The van der Waals surface area contributed by atoms with E-state index in [1.165, 1.54) is 14.1 Å². The SMILES string of the molecule is CC(=C=C1C(=O)N(C)C(=O)N(c2cc(C)c(C)c(C)c2C)C1=O)Cc1c(C)n(-c2cc(C)c(C)c(C)c2C)c(=O)n(C)c1=O. The standard InChI is InChI=1S/C35H40N4O5/c1-17(13-27-26(10)38(34(43)36(11)31(27)40)29-15-18(2)20(4)22(6)24(29)8)14-28-32(41)37(12)35(44)39(33(28)42)30-16-19(3)21(5)23(7)25(30)9/h15-16H,13H2,1-12H3. The molecular weight excluding hydrogens is 556 g/mol. The molecule has 2 heterocycles. The van der Waals surface area contributed by atoms with Crippen LogP contribution in [0.3, 0.4) is 0 Å². The molecule has 4 amide bonds. The van der Waals surface area contributed by atoms with E-state index in [-0.39, 0.29) is 12.0 Å². The minimum absolute atomic E-state index is 0.0329. The van der Waals surface area contributed by atoms with Crippen molar-refractivity contribution < 1.29 is 14.4 Å². The van der Waals surface area contributed by atoms with Crippen LogP contribution in [0.15, 0.2) is 38.6 Å². The number of imide groups is 2. The fourth-order valence-corrected chi connectivity index (χ4v) is 5.74. The van der Waals surface area contributed by atoms with Gasteiger partial charge in [0.05, 0.1) is 11.4 Å². The van der Waals surface area contributed by atoms with Crippen LogP contribution in [0.25, 0.3) is 5.69 Å². The summed E-state index contributed by atoms with van der Waals surface area (Å²) >= 11 is 0. The predicted octanol–water partition coefficient (Wildman–Crippen LogP) is 4.95. The van der Waals surface area contributed by atoms with Crippen LogP contribution >= 0.6 is 0 Å². The maximum atomic E-state index is 13.8.